The van der Waals surface area contributed by atoms with Gasteiger partial charge in [0.2, 0.25) is 12.1 Å². The second-order valence-electron chi connectivity index (χ2n) is 10.1. The highest BCUT2D eigenvalue weighted by molar-refractivity contribution is 5.89. The van der Waals surface area contributed by atoms with Crippen LogP contribution in [0.3, 0.4) is 0 Å². The van der Waals surface area contributed by atoms with Gasteiger partial charge in [-0.1, -0.05) is 96.8 Å². The number of carbonyl (C=O) groups excluding carboxylic acids is 1. The monoisotopic (exact) mass is 529 g/mol. The number of aromatic nitrogens is 2. The number of nitrogens with zero attached hydrogens (tertiary/aromatic N) is 2. The minimum absolute atomic E-state index is 0.0345. The zero-order chi connectivity index (χ0) is 27.1. The molecule has 1 aromatic rings. The molecule has 0 radical (unpaired) electrons. The summed E-state index contributed by atoms with van der Waals surface area (Å²) in [4.78, 5) is 28.0. The Labute approximate surface area is 218 Å². The predicted molar refractivity (Wildman–Crippen MR) is 139 cm³/mol. The Morgan fingerprint density at radius 2 is 1.51 bits per heavy atom. The number of unbranched alkanes of at least 4 members (excludes halogenated alkanes) is 14. The number of anilines is 1. The lowest BCUT2D eigenvalue weighted by molar-refractivity contribution is -0.141. The highest BCUT2D eigenvalue weighted by atomic mass is 19.3. The fraction of sp³-hybridized carbons (Fsp3) is 0.815. The lowest BCUT2D eigenvalue weighted by atomic mass is 10.0. The van der Waals surface area contributed by atoms with Gasteiger partial charge in [0.1, 0.15) is 11.9 Å². The molecule has 1 fully saturated rings. The molecule has 3 atom stereocenters. The molecule has 1 aliphatic rings. The topological polar surface area (TPSA) is 114 Å². The quantitative estimate of drug-likeness (QED) is 0.209. The van der Waals surface area contributed by atoms with E-state index in [2.05, 4.69) is 17.2 Å². The van der Waals surface area contributed by atoms with Crippen LogP contribution >= 0.6 is 0 Å². The van der Waals surface area contributed by atoms with E-state index in [9.17, 15) is 23.5 Å². The molecule has 2 rings (SSSR count). The van der Waals surface area contributed by atoms with Crippen LogP contribution in [-0.2, 0) is 9.53 Å². The second-order valence-corrected chi connectivity index (χ2v) is 10.1. The highest BCUT2D eigenvalue weighted by Crippen LogP contribution is 2.41. The molecule has 2 heterocycles. The number of aliphatic hydroxyl groups excluding tert-OH is 2. The molecule has 0 spiro atoms. The Morgan fingerprint density at radius 3 is 1.97 bits per heavy atom. The van der Waals surface area contributed by atoms with Crippen LogP contribution in [0.4, 0.5) is 14.6 Å². The summed E-state index contributed by atoms with van der Waals surface area (Å²) in [6.45, 7) is 1.43. The third-order valence-corrected chi connectivity index (χ3v) is 6.92. The molecular formula is C27H45F2N3O5. The highest BCUT2D eigenvalue weighted by Gasteiger charge is 2.59. The summed E-state index contributed by atoms with van der Waals surface area (Å²) < 4.78 is 34.0. The zero-order valence-electron chi connectivity index (χ0n) is 22.2. The lowest BCUT2D eigenvalue weighted by Gasteiger charge is -2.21. The van der Waals surface area contributed by atoms with Crippen LogP contribution in [0.25, 0.3) is 0 Å². The van der Waals surface area contributed by atoms with Gasteiger partial charge in [0.15, 0.2) is 6.10 Å². The van der Waals surface area contributed by atoms with Gasteiger partial charge in [-0.2, -0.15) is 13.8 Å². The number of halogens is 2. The van der Waals surface area contributed by atoms with E-state index < -0.39 is 36.7 Å². The fourth-order valence-corrected chi connectivity index (χ4v) is 4.64. The number of hydrogen-bond acceptors (Lipinski definition) is 6. The summed E-state index contributed by atoms with van der Waals surface area (Å²) in [7, 11) is 0. The van der Waals surface area contributed by atoms with Gasteiger partial charge in [0, 0.05) is 12.6 Å². The molecule has 8 nitrogen and oxygen atoms in total. The van der Waals surface area contributed by atoms with E-state index in [1.807, 2.05) is 0 Å². The molecule has 212 valence electrons. The minimum Gasteiger partial charge on any atom is -0.394 e. The smallest absolute Gasteiger partial charge is 0.351 e. The Kier molecular flexibility index (Phi) is 14.2. The van der Waals surface area contributed by atoms with Crippen molar-refractivity contribution in [2.24, 2.45) is 0 Å². The number of ether oxygens (including phenoxy) is 1. The first-order valence-corrected chi connectivity index (χ1v) is 14.0. The molecule has 10 heteroatoms. The third kappa shape index (κ3) is 10.4. The number of nitrogens with one attached hydrogen (secondary N) is 1. The van der Waals surface area contributed by atoms with Crippen LogP contribution in [0.1, 0.15) is 116 Å². The molecule has 3 N–H and O–H groups in total. The molecule has 3 unspecified atom stereocenters. The molecule has 1 saturated heterocycles. The third-order valence-electron chi connectivity index (χ3n) is 6.92. The second kappa shape index (κ2) is 16.8. The first-order valence-electron chi connectivity index (χ1n) is 14.0. The minimum atomic E-state index is -3.78. The Morgan fingerprint density at radius 1 is 1.00 bits per heavy atom. The molecular weight excluding hydrogens is 484 g/mol. The van der Waals surface area contributed by atoms with Crippen LogP contribution < -0.4 is 11.0 Å². The van der Waals surface area contributed by atoms with Gasteiger partial charge in [-0.25, -0.2) is 4.79 Å². The summed E-state index contributed by atoms with van der Waals surface area (Å²) in [6, 6.07) is 1.23. The van der Waals surface area contributed by atoms with Crippen molar-refractivity contribution in [3.63, 3.8) is 0 Å². The fourth-order valence-electron chi connectivity index (χ4n) is 4.64. The number of hydrogen-bond donors (Lipinski definition) is 3. The molecule has 0 aliphatic carbocycles. The first kappa shape index (κ1) is 31.3. The van der Waals surface area contributed by atoms with Crippen molar-refractivity contribution in [2.45, 2.75) is 134 Å². The maximum absolute atomic E-state index is 14.3. The molecule has 1 aromatic heterocycles. The first-order chi connectivity index (χ1) is 17.8. The summed E-state index contributed by atoms with van der Waals surface area (Å²) in [6.07, 6.45) is 14.0. The number of carbonyl (C=O) groups is 1. The van der Waals surface area contributed by atoms with Gasteiger partial charge >= 0.3 is 11.6 Å². The van der Waals surface area contributed by atoms with E-state index >= 15 is 0 Å². The molecule has 0 saturated carbocycles. The lowest BCUT2D eigenvalue weighted by Crippen LogP contribution is -2.41. The van der Waals surface area contributed by atoms with Crippen LogP contribution in [0.2, 0.25) is 0 Å². The summed E-state index contributed by atoms with van der Waals surface area (Å²) >= 11 is 0. The van der Waals surface area contributed by atoms with Crippen molar-refractivity contribution < 1.29 is 28.5 Å². The molecule has 0 bridgehead atoms. The SMILES string of the molecule is CCCCCCCCCCCCCCCCCC(=O)Nc1ccn(C2OC(CO)C(O)C2(F)F)c(=O)n1. The van der Waals surface area contributed by atoms with Crippen molar-refractivity contribution >= 4 is 11.7 Å². The van der Waals surface area contributed by atoms with E-state index in [0.29, 0.717) is 4.57 Å². The average molecular weight is 530 g/mol. The Hall–Kier alpha value is -1.91. The molecule has 1 aliphatic heterocycles. The molecule has 0 aromatic carbocycles. The summed E-state index contributed by atoms with van der Waals surface area (Å²) in [5, 5.41) is 21.2. The van der Waals surface area contributed by atoms with Crippen molar-refractivity contribution in [1.29, 1.82) is 0 Å². The van der Waals surface area contributed by atoms with Gasteiger partial charge in [-0.05, 0) is 12.5 Å². The molecule has 37 heavy (non-hydrogen) atoms. The maximum Gasteiger partial charge on any atom is 0.351 e. The maximum atomic E-state index is 14.3. The van der Waals surface area contributed by atoms with E-state index in [1.54, 1.807) is 0 Å². The van der Waals surface area contributed by atoms with Crippen LogP contribution in [-0.4, -0.2) is 50.4 Å². The normalized spacial score (nSPS) is 20.8. The van der Waals surface area contributed by atoms with Crippen molar-refractivity contribution in [1.82, 2.24) is 9.55 Å². The van der Waals surface area contributed by atoms with Crippen LogP contribution in [0, 0.1) is 0 Å². The van der Waals surface area contributed by atoms with Gasteiger partial charge in [-0.15, -0.1) is 0 Å². The van der Waals surface area contributed by atoms with E-state index in [4.69, 9.17) is 9.84 Å². The number of amides is 1. The van der Waals surface area contributed by atoms with Crippen LogP contribution in [0.5, 0.6) is 0 Å². The number of aliphatic hydroxyl groups is 2. The van der Waals surface area contributed by atoms with Gasteiger partial charge in [-0.3, -0.25) is 9.36 Å². The largest absolute Gasteiger partial charge is 0.394 e. The van der Waals surface area contributed by atoms with Crippen molar-refractivity contribution in [3.8, 4) is 0 Å². The summed E-state index contributed by atoms with van der Waals surface area (Å²) in [5.74, 6) is -4.11. The summed E-state index contributed by atoms with van der Waals surface area (Å²) in [5.41, 5.74) is -1.06. The zero-order valence-corrected chi connectivity index (χ0v) is 22.2. The van der Waals surface area contributed by atoms with Crippen molar-refractivity contribution in [3.05, 3.63) is 22.7 Å². The van der Waals surface area contributed by atoms with Gasteiger partial charge < -0.3 is 20.3 Å². The van der Waals surface area contributed by atoms with Gasteiger partial charge in [0.25, 0.3) is 0 Å². The Bertz CT molecular complexity index is 852. The number of alkyl halides is 2. The Balaban J connectivity index is 1.56. The van der Waals surface area contributed by atoms with E-state index in [-0.39, 0.29) is 18.1 Å². The average Bonchev–Trinajstić information content (AvgIpc) is 3.09. The van der Waals surface area contributed by atoms with Crippen LogP contribution in [0.15, 0.2) is 17.1 Å². The van der Waals surface area contributed by atoms with E-state index in [0.717, 1.165) is 31.9 Å². The number of rotatable bonds is 19. The standard InChI is InChI=1S/C27H45F2N3O5/c1-2-3-4-5-6-7-8-9-10-11-12-13-14-15-16-17-23(34)30-22-18-19-32(26(36)31-22)25-27(28,29)24(35)21(20-33)37-25/h18-19,21,24-25,33,35H,2-17,20H2,1H3,(H,30,31,34,36). The van der Waals surface area contributed by atoms with Gasteiger partial charge in [0.05, 0.1) is 6.61 Å². The van der Waals surface area contributed by atoms with E-state index in [1.165, 1.54) is 76.7 Å². The van der Waals surface area contributed by atoms with Crippen molar-refractivity contribution in [2.75, 3.05) is 11.9 Å². The molecule has 1 amide bonds. The predicted octanol–water partition coefficient (Wildman–Crippen LogP) is 5.33.